The fourth-order valence-electron chi connectivity index (χ4n) is 4.36. The van der Waals surface area contributed by atoms with E-state index in [4.69, 9.17) is 9.47 Å². The molecule has 1 N–H and O–H groups in total. The molecule has 0 aromatic heterocycles. The summed E-state index contributed by atoms with van der Waals surface area (Å²) < 4.78 is 10.7. The second-order valence-electron chi connectivity index (χ2n) is 8.20. The summed E-state index contributed by atoms with van der Waals surface area (Å²) in [7, 11) is 3.60. The van der Waals surface area contributed by atoms with Gasteiger partial charge >= 0.3 is 0 Å². The molecule has 2 saturated heterocycles. The van der Waals surface area contributed by atoms with Crippen LogP contribution in [0, 0.1) is 17.8 Å². The van der Waals surface area contributed by atoms with Crippen molar-refractivity contribution in [3.63, 3.8) is 0 Å². The highest BCUT2D eigenvalue weighted by Crippen LogP contribution is 2.21. The van der Waals surface area contributed by atoms with E-state index in [1.165, 1.54) is 38.9 Å². The van der Waals surface area contributed by atoms with Crippen molar-refractivity contribution in [2.45, 2.75) is 33.1 Å². The zero-order valence-corrected chi connectivity index (χ0v) is 17.4. The summed E-state index contributed by atoms with van der Waals surface area (Å²) in [6.45, 7) is 13.8. The van der Waals surface area contributed by atoms with Gasteiger partial charge in [0, 0.05) is 52.8 Å². The van der Waals surface area contributed by atoms with E-state index in [9.17, 15) is 0 Å². The third-order valence-corrected chi connectivity index (χ3v) is 5.46. The normalized spacial score (nSPS) is 27.9. The van der Waals surface area contributed by atoms with E-state index in [1.54, 1.807) is 7.11 Å². The minimum atomic E-state index is 0.599. The number of aliphatic imine (C=N–C) groups is 1. The van der Waals surface area contributed by atoms with E-state index in [0.717, 1.165) is 44.0 Å². The van der Waals surface area contributed by atoms with Crippen molar-refractivity contribution < 1.29 is 9.47 Å². The number of guanidine groups is 1. The summed E-state index contributed by atoms with van der Waals surface area (Å²) in [6, 6.07) is 0. The molecule has 2 heterocycles. The molecule has 0 amide bonds. The van der Waals surface area contributed by atoms with E-state index < -0.39 is 0 Å². The van der Waals surface area contributed by atoms with Gasteiger partial charge in [-0.1, -0.05) is 13.8 Å². The van der Waals surface area contributed by atoms with Crippen LogP contribution in [0.15, 0.2) is 4.99 Å². The Morgan fingerprint density at radius 1 is 1.15 bits per heavy atom. The fourth-order valence-corrected chi connectivity index (χ4v) is 4.36. The lowest BCUT2D eigenvalue weighted by atomic mass is 9.92. The van der Waals surface area contributed by atoms with Crippen LogP contribution in [-0.2, 0) is 9.47 Å². The van der Waals surface area contributed by atoms with Gasteiger partial charge in [0.2, 0.25) is 0 Å². The van der Waals surface area contributed by atoms with Crippen molar-refractivity contribution in [2.24, 2.45) is 22.7 Å². The predicted molar refractivity (Wildman–Crippen MR) is 108 cm³/mol. The van der Waals surface area contributed by atoms with Crippen LogP contribution in [0.2, 0.25) is 0 Å². The maximum absolute atomic E-state index is 5.69. The number of nitrogens with one attached hydrogen (secondary N) is 1. The Labute approximate surface area is 160 Å². The van der Waals surface area contributed by atoms with Crippen LogP contribution in [0.25, 0.3) is 0 Å². The maximum Gasteiger partial charge on any atom is 0.193 e. The third kappa shape index (κ3) is 7.41. The molecule has 0 spiro atoms. The van der Waals surface area contributed by atoms with Gasteiger partial charge < -0.3 is 24.6 Å². The maximum atomic E-state index is 5.69. The number of piperidine rings is 1. The monoisotopic (exact) mass is 368 g/mol. The highest BCUT2D eigenvalue weighted by atomic mass is 16.5. The topological polar surface area (TPSA) is 49.3 Å². The molecule has 6 heteroatoms. The second kappa shape index (κ2) is 11.8. The Bertz CT molecular complexity index is 409. The summed E-state index contributed by atoms with van der Waals surface area (Å²) in [4.78, 5) is 9.48. The third-order valence-electron chi connectivity index (χ3n) is 5.46. The molecule has 2 aliphatic heterocycles. The van der Waals surface area contributed by atoms with E-state index in [2.05, 4.69) is 34.0 Å². The Hall–Kier alpha value is -0.850. The van der Waals surface area contributed by atoms with Crippen molar-refractivity contribution in [1.29, 1.82) is 0 Å². The van der Waals surface area contributed by atoms with E-state index >= 15 is 0 Å². The van der Waals surface area contributed by atoms with Crippen molar-refractivity contribution in [1.82, 2.24) is 15.1 Å². The molecule has 0 aromatic carbocycles. The first-order valence-corrected chi connectivity index (χ1v) is 10.4. The number of likely N-dealkylation sites (tertiary alicyclic amines) is 2. The Morgan fingerprint density at radius 3 is 2.62 bits per heavy atom. The van der Waals surface area contributed by atoms with Crippen molar-refractivity contribution in [3.05, 3.63) is 0 Å². The molecule has 0 radical (unpaired) electrons. The van der Waals surface area contributed by atoms with Gasteiger partial charge in [-0.05, 0) is 37.6 Å². The molecule has 0 aromatic rings. The molecular formula is C20H40N4O2. The molecule has 3 unspecified atom stereocenters. The van der Waals surface area contributed by atoms with E-state index in [-0.39, 0.29) is 0 Å². The molecule has 0 aliphatic carbocycles. The number of methoxy groups -OCH3 is 1. The van der Waals surface area contributed by atoms with E-state index in [0.29, 0.717) is 19.1 Å². The lowest BCUT2D eigenvalue weighted by Crippen LogP contribution is -2.42. The molecule has 2 aliphatic rings. The number of hydrogen-bond acceptors (Lipinski definition) is 4. The number of ether oxygens (including phenoxy) is 2. The number of hydrogen-bond donors (Lipinski definition) is 1. The van der Waals surface area contributed by atoms with Crippen LogP contribution < -0.4 is 5.32 Å². The van der Waals surface area contributed by atoms with E-state index in [1.807, 2.05) is 7.05 Å². The fraction of sp³-hybridized carbons (Fsp3) is 0.950. The summed E-state index contributed by atoms with van der Waals surface area (Å²) in [5.41, 5.74) is 0. The molecule has 0 saturated carbocycles. The standard InChI is InChI=1S/C20H40N4O2/c1-17-12-18(2)14-23(13-17)8-5-7-22-20(21-3)24-9-6-19(15-24)16-26-11-10-25-4/h17-19H,5-16H2,1-4H3,(H,21,22). The van der Waals surface area contributed by atoms with Gasteiger partial charge in [0.25, 0.3) is 0 Å². The molecule has 26 heavy (non-hydrogen) atoms. The lowest BCUT2D eigenvalue weighted by Gasteiger charge is -2.35. The van der Waals surface area contributed by atoms with Crippen molar-refractivity contribution in [3.8, 4) is 0 Å². The average molecular weight is 369 g/mol. The largest absolute Gasteiger partial charge is 0.382 e. The van der Waals surface area contributed by atoms with Crippen LogP contribution in [0.5, 0.6) is 0 Å². The SMILES string of the molecule is CN=C(NCCCN1CC(C)CC(C)C1)N1CCC(COCCOC)C1. The van der Waals surface area contributed by atoms with Gasteiger partial charge in [0.15, 0.2) is 5.96 Å². The molecule has 0 bridgehead atoms. The highest BCUT2D eigenvalue weighted by Gasteiger charge is 2.25. The smallest absolute Gasteiger partial charge is 0.193 e. The van der Waals surface area contributed by atoms with Gasteiger partial charge in [-0.25, -0.2) is 0 Å². The zero-order chi connectivity index (χ0) is 18.8. The van der Waals surface area contributed by atoms with Crippen molar-refractivity contribution in [2.75, 3.05) is 73.2 Å². The molecule has 152 valence electrons. The average Bonchev–Trinajstić information content (AvgIpc) is 3.07. The first-order valence-electron chi connectivity index (χ1n) is 10.4. The summed E-state index contributed by atoms with van der Waals surface area (Å²) in [5, 5.41) is 3.56. The van der Waals surface area contributed by atoms with Crippen LogP contribution in [0.4, 0.5) is 0 Å². The predicted octanol–water partition coefficient (Wildman–Crippen LogP) is 1.91. The van der Waals surface area contributed by atoms with Gasteiger partial charge in [0.05, 0.1) is 19.8 Å². The summed E-state index contributed by atoms with van der Waals surface area (Å²) >= 11 is 0. The molecular weight excluding hydrogens is 328 g/mol. The summed E-state index contributed by atoms with van der Waals surface area (Å²) in [6.07, 6.45) is 3.74. The minimum Gasteiger partial charge on any atom is -0.382 e. The molecule has 2 rings (SSSR count). The highest BCUT2D eigenvalue weighted by molar-refractivity contribution is 5.80. The number of nitrogens with zero attached hydrogens (tertiary/aromatic N) is 3. The zero-order valence-electron chi connectivity index (χ0n) is 17.4. The van der Waals surface area contributed by atoms with Crippen LogP contribution in [0.3, 0.4) is 0 Å². The van der Waals surface area contributed by atoms with Crippen LogP contribution >= 0.6 is 0 Å². The van der Waals surface area contributed by atoms with Gasteiger partial charge in [-0.3, -0.25) is 4.99 Å². The summed E-state index contributed by atoms with van der Waals surface area (Å²) in [5.74, 6) is 3.32. The van der Waals surface area contributed by atoms with Gasteiger partial charge in [-0.2, -0.15) is 0 Å². The second-order valence-corrected chi connectivity index (χ2v) is 8.20. The number of rotatable bonds is 9. The van der Waals surface area contributed by atoms with Gasteiger partial charge in [0.1, 0.15) is 0 Å². The lowest BCUT2D eigenvalue weighted by molar-refractivity contribution is 0.0536. The van der Waals surface area contributed by atoms with Crippen LogP contribution in [0.1, 0.15) is 33.1 Å². The molecule has 6 nitrogen and oxygen atoms in total. The molecule has 3 atom stereocenters. The Kier molecular flexibility index (Phi) is 9.72. The Balaban J connectivity index is 1.60. The van der Waals surface area contributed by atoms with Crippen LogP contribution in [-0.4, -0.2) is 89.0 Å². The van der Waals surface area contributed by atoms with Gasteiger partial charge in [-0.15, -0.1) is 0 Å². The Morgan fingerprint density at radius 2 is 1.92 bits per heavy atom. The van der Waals surface area contributed by atoms with Crippen molar-refractivity contribution >= 4 is 5.96 Å². The minimum absolute atomic E-state index is 0.599. The quantitative estimate of drug-likeness (QED) is 0.383. The first kappa shape index (κ1) is 21.5. The molecule has 2 fully saturated rings. The first-order chi connectivity index (χ1) is 12.6.